The lowest BCUT2D eigenvalue weighted by Crippen LogP contribution is -2.10. The lowest BCUT2D eigenvalue weighted by molar-refractivity contribution is 0.672. The summed E-state index contributed by atoms with van der Waals surface area (Å²) in [7, 11) is 0. The zero-order valence-electron chi connectivity index (χ0n) is 32.6. The molecular formula is C58H35NO. The van der Waals surface area contributed by atoms with Crippen LogP contribution in [-0.4, -0.2) is 0 Å². The summed E-state index contributed by atoms with van der Waals surface area (Å²) in [6.45, 7) is 0. The Morgan fingerprint density at radius 3 is 1.53 bits per heavy atom. The Balaban J connectivity index is 1.01. The zero-order chi connectivity index (χ0) is 39.3. The van der Waals surface area contributed by atoms with E-state index >= 15 is 0 Å². The number of rotatable bonds is 5. The van der Waals surface area contributed by atoms with Gasteiger partial charge in [0.2, 0.25) is 0 Å². The summed E-state index contributed by atoms with van der Waals surface area (Å²) in [4.78, 5) is 2.40. The monoisotopic (exact) mass is 761 g/mol. The van der Waals surface area contributed by atoms with Gasteiger partial charge in [-0.05, 0) is 124 Å². The molecule has 0 unspecified atom stereocenters. The molecule has 1 aromatic heterocycles. The van der Waals surface area contributed by atoms with Crippen molar-refractivity contribution in [3.05, 3.63) is 212 Å². The summed E-state index contributed by atoms with van der Waals surface area (Å²) in [5.41, 5.74) is 9.83. The van der Waals surface area contributed by atoms with Crippen molar-refractivity contribution in [2.75, 3.05) is 4.90 Å². The molecule has 0 bridgehead atoms. The number of fused-ring (bicyclic) bond motifs is 7. The summed E-state index contributed by atoms with van der Waals surface area (Å²) < 4.78 is 6.90. The number of nitrogens with zero attached hydrogens (tertiary/aromatic N) is 1. The van der Waals surface area contributed by atoms with E-state index in [-0.39, 0.29) is 0 Å². The highest BCUT2D eigenvalue weighted by Gasteiger charge is 2.22. The Kier molecular flexibility index (Phi) is 7.05. The van der Waals surface area contributed by atoms with Crippen LogP contribution < -0.4 is 4.90 Å². The molecule has 0 atom stereocenters. The van der Waals surface area contributed by atoms with E-state index in [1.54, 1.807) is 0 Å². The molecule has 0 aliphatic carbocycles. The van der Waals surface area contributed by atoms with Crippen LogP contribution in [0.1, 0.15) is 0 Å². The predicted molar refractivity (Wildman–Crippen MR) is 255 cm³/mol. The Hall–Kier alpha value is -7.94. The predicted octanol–water partition coefficient (Wildman–Crippen LogP) is 16.7. The van der Waals surface area contributed by atoms with Gasteiger partial charge >= 0.3 is 0 Å². The Bertz CT molecular complexity index is 3740. The maximum absolute atomic E-state index is 6.90. The Morgan fingerprint density at radius 1 is 0.300 bits per heavy atom. The minimum absolute atomic E-state index is 0.862. The highest BCUT2D eigenvalue weighted by Crippen LogP contribution is 2.47. The first-order chi connectivity index (χ1) is 29.7. The summed E-state index contributed by atoms with van der Waals surface area (Å²) >= 11 is 0. The second-order valence-corrected chi connectivity index (χ2v) is 16.0. The number of furan rings is 1. The van der Waals surface area contributed by atoms with Gasteiger partial charge in [-0.25, -0.2) is 0 Å². The largest absolute Gasteiger partial charge is 0.455 e. The van der Waals surface area contributed by atoms with Gasteiger partial charge in [-0.1, -0.05) is 170 Å². The van der Waals surface area contributed by atoms with Crippen molar-refractivity contribution in [1.82, 2.24) is 0 Å². The van der Waals surface area contributed by atoms with Gasteiger partial charge in [0.1, 0.15) is 11.2 Å². The molecule has 0 radical (unpaired) electrons. The van der Waals surface area contributed by atoms with Crippen molar-refractivity contribution >= 4 is 104 Å². The molecule has 0 saturated carbocycles. The molecule has 0 spiro atoms. The van der Waals surface area contributed by atoms with Crippen molar-refractivity contribution in [2.24, 2.45) is 0 Å². The molecule has 0 N–H and O–H groups in total. The van der Waals surface area contributed by atoms with Crippen LogP contribution in [0, 0.1) is 0 Å². The van der Waals surface area contributed by atoms with E-state index in [1.807, 2.05) is 0 Å². The Labute approximate surface area is 346 Å². The van der Waals surface area contributed by atoms with E-state index in [9.17, 15) is 0 Å². The first-order valence-electron chi connectivity index (χ1n) is 20.7. The fourth-order valence-corrected chi connectivity index (χ4v) is 9.93. The van der Waals surface area contributed by atoms with Crippen LogP contribution >= 0.6 is 0 Å². The molecule has 278 valence electrons. The minimum atomic E-state index is 0.862. The summed E-state index contributed by atoms with van der Waals surface area (Å²) in [5, 5.41) is 17.1. The second-order valence-electron chi connectivity index (χ2n) is 16.0. The van der Waals surface area contributed by atoms with Gasteiger partial charge in [-0.3, -0.25) is 0 Å². The van der Waals surface area contributed by atoms with Gasteiger partial charge in [0.05, 0.1) is 11.1 Å². The van der Waals surface area contributed by atoms with Gasteiger partial charge in [-0.15, -0.1) is 0 Å². The van der Waals surface area contributed by atoms with Crippen LogP contribution in [0.4, 0.5) is 17.1 Å². The lowest BCUT2D eigenvalue weighted by Gasteiger charge is -2.27. The number of anilines is 3. The van der Waals surface area contributed by atoms with Crippen LogP contribution in [0.25, 0.3) is 109 Å². The van der Waals surface area contributed by atoms with Crippen LogP contribution in [0.15, 0.2) is 217 Å². The molecule has 0 saturated heterocycles. The van der Waals surface area contributed by atoms with Crippen LogP contribution in [-0.2, 0) is 0 Å². The third-order valence-corrected chi connectivity index (χ3v) is 12.7. The fraction of sp³-hybridized carbons (Fsp3) is 0. The summed E-state index contributed by atoms with van der Waals surface area (Å²) in [6, 6.07) is 77.6. The molecule has 0 amide bonds. The smallest absolute Gasteiger partial charge is 0.143 e. The average molecular weight is 762 g/mol. The average Bonchev–Trinajstić information content (AvgIpc) is 3.70. The van der Waals surface area contributed by atoms with E-state index in [2.05, 4.69) is 217 Å². The van der Waals surface area contributed by atoms with Crippen molar-refractivity contribution < 1.29 is 4.42 Å². The molecule has 1 heterocycles. The van der Waals surface area contributed by atoms with Gasteiger partial charge < -0.3 is 9.32 Å². The maximum Gasteiger partial charge on any atom is 0.143 e. The van der Waals surface area contributed by atoms with Gasteiger partial charge in [0.15, 0.2) is 0 Å². The molecule has 0 fully saturated rings. The lowest BCUT2D eigenvalue weighted by atomic mass is 9.89. The van der Waals surface area contributed by atoms with Crippen molar-refractivity contribution in [3.8, 4) is 22.3 Å². The molecule has 60 heavy (non-hydrogen) atoms. The van der Waals surface area contributed by atoms with Crippen molar-refractivity contribution in [1.29, 1.82) is 0 Å². The van der Waals surface area contributed by atoms with Crippen molar-refractivity contribution in [3.63, 3.8) is 0 Å². The van der Waals surface area contributed by atoms with E-state index in [0.717, 1.165) is 44.4 Å². The van der Waals surface area contributed by atoms with Crippen LogP contribution in [0.2, 0.25) is 0 Å². The molecule has 12 aromatic carbocycles. The van der Waals surface area contributed by atoms with E-state index < -0.39 is 0 Å². The molecular weight excluding hydrogens is 727 g/mol. The highest BCUT2D eigenvalue weighted by atomic mass is 16.3. The second kappa shape index (κ2) is 12.8. The highest BCUT2D eigenvalue weighted by molar-refractivity contribution is 6.26. The summed E-state index contributed by atoms with van der Waals surface area (Å²) in [5.74, 6) is 0. The van der Waals surface area contributed by atoms with Gasteiger partial charge in [0, 0.05) is 22.1 Å². The molecule has 0 aliphatic heterocycles. The third kappa shape index (κ3) is 4.95. The standard InChI is InChI=1S/C58H35NO/c1-3-11-43-33-45(29-25-36(43)9-1)59(46-30-26-37-10-2-4-12-44(37)34-46)53-17-8-18-54-57(53)52-35-51(48-15-5-6-16-50(48)58(52)60-54)39-21-19-38(20-22-39)47-31-27-42-24-23-40-13-7-14-41-28-32-49(47)56(42)55(40)41/h1-35H. The number of hydrogen-bond acceptors (Lipinski definition) is 2. The van der Waals surface area contributed by atoms with E-state index in [0.29, 0.717) is 0 Å². The zero-order valence-corrected chi connectivity index (χ0v) is 32.6. The van der Waals surface area contributed by atoms with E-state index in [1.165, 1.54) is 81.5 Å². The Morgan fingerprint density at radius 2 is 0.833 bits per heavy atom. The number of benzene rings is 12. The topological polar surface area (TPSA) is 16.4 Å². The molecule has 0 aliphatic rings. The first kappa shape index (κ1) is 33.1. The van der Waals surface area contributed by atoms with Crippen LogP contribution in [0.3, 0.4) is 0 Å². The molecule has 2 nitrogen and oxygen atoms in total. The maximum atomic E-state index is 6.90. The fourth-order valence-electron chi connectivity index (χ4n) is 9.93. The van der Waals surface area contributed by atoms with Crippen molar-refractivity contribution in [2.45, 2.75) is 0 Å². The summed E-state index contributed by atoms with van der Waals surface area (Å²) in [6.07, 6.45) is 0. The third-order valence-electron chi connectivity index (χ3n) is 12.7. The minimum Gasteiger partial charge on any atom is -0.455 e. The normalized spacial score (nSPS) is 12.0. The van der Waals surface area contributed by atoms with E-state index in [4.69, 9.17) is 4.42 Å². The molecule has 13 rings (SSSR count). The molecule has 13 aromatic rings. The quantitative estimate of drug-likeness (QED) is 0.162. The van der Waals surface area contributed by atoms with Gasteiger partial charge in [-0.2, -0.15) is 0 Å². The van der Waals surface area contributed by atoms with Crippen LogP contribution in [0.5, 0.6) is 0 Å². The SMILES string of the molecule is c1ccc2cc(N(c3ccc4ccccc4c3)c3cccc4oc5c6ccccc6c(-c6ccc(-c7ccc8ccc9cccc%10ccc7c8c9%10)cc6)cc5c34)ccc2c1. The molecule has 2 heteroatoms. The first-order valence-corrected chi connectivity index (χ1v) is 20.7. The van der Waals surface area contributed by atoms with Gasteiger partial charge in [0.25, 0.3) is 0 Å². The number of hydrogen-bond donors (Lipinski definition) is 0.